The van der Waals surface area contributed by atoms with Gasteiger partial charge in [0.1, 0.15) is 11.4 Å². The van der Waals surface area contributed by atoms with E-state index in [-0.39, 0.29) is 0 Å². The maximum Gasteiger partial charge on any atom is 0.133 e. The van der Waals surface area contributed by atoms with Crippen LogP contribution in [0.4, 0.5) is 0 Å². The van der Waals surface area contributed by atoms with Gasteiger partial charge in [0.15, 0.2) is 0 Å². The lowest BCUT2D eigenvalue weighted by Crippen LogP contribution is -2.47. The quantitative estimate of drug-likeness (QED) is 0.727. The summed E-state index contributed by atoms with van der Waals surface area (Å²) in [5.74, 6) is 1.39. The Bertz CT molecular complexity index is 426. The number of aliphatic hydroxyl groups is 1. The molecule has 1 saturated carbocycles. The van der Waals surface area contributed by atoms with Crippen molar-refractivity contribution in [3.05, 3.63) is 23.4 Å². The minimum Gasteiger partial charge on any atom is -0.383 e. The maximum absolute atomic E-state index is 10.1. The van der Waals surface area contributed by atoms with Gasteiger partial charge in [0.2, 0.25) is 0 Å². The van der Waals surface area contributed by atoms with Crippen molar-refractivity contribution in [2.24, 2.45) is 10.9 Å². The molecule has 2 aliphatic carbocycles. The van der Waals surface area contributed by atoms with Gasteiger partial charge in [-0.2, -0.15) is 0 Å². The van der Waals surface area contributed by atoms with Crippen LogP contribution in [0.3, 0.4) is 0 Å². The number of amidine groups is 1. The van der Waals surface area contributed by atoms with E-state index in [1.165, 1.54) is 24.1 Å². The smallest absolute Gasteiger partial charge is 0.133 e. The Hall–Kier alpha value is -1.09. The van der Waals surface area contributed by atoms with Crippen LogP contribution in [0.1, 0.15) is 39.5 Å². The zero-order valence-corrected chi connectivity index (χ0v) is 10.5. The predicted octanol–water partition coefficient (Wildman–Crippen LogP) is 2.14. The van der Waals surface area contributed by atoms with Crippen LogP contribution in [-0.4, -0.2) is 22.6 Å². The van der Waals surface area contributed by atoms with E-state index in [1.807, 2.05) is 0 Å². The molecule has 3 aliphatic rings. The molecule has 1 aliphatic heterocycles. The van der Waals surface area contributed by atoms with Crippen LogP contribution in [0.15, 0.2) is 28.4 Å². The van der Waals surface area contributed by atoms with Gasteiger partial charge in [-0.1, -0.05) is 12.5 Å². The van der Waals surface area contributed by atoms with Crippen molar-refractivity contribution in [1.82, 2.24) is 5.32 Å². The number of rotatable bonds is 1. The third-order valence-corrected chi connectivity index (χ3v) is 3.96. The minimum atomic E-state index is -0.878. The molecule has 1 fully saturated rings. The second kappa shape index (κ2) is 3.70. The van der Waals surface area contributed by atoms with Crippen LogP contribution >= 0.6 is 0 Å². The van der Waals surface area contributed by atoms with Crippen molar-refractivity contribution < 1.29 is 5.11 Å². The highest BCUT2D eigenvalue weighted by atomic mass is 16.3. The molecule has 0 aromatic heterocycles. The van der Waals surface area contributed by atoms with Gasteiger partial charge in [-0.05, 0) is 50.7 Å². The maximum atomic E-state index is 10.1. The molecule has 0 bridgehead atoms. The number of hydrogen-bond donors (Lipinski definition) is 2. The minimum absolute atomic E-state index is 0.302. The summed E-state index contributed by atoms with van der Waals surface area (Å²) < 4.78 is 0. The summed E-state index contributed by atoms with van der Waals surface area (Å²) in [5.41, 5.74) is 1.79. The molecule has 0 radical (unpaired) electrons. The Kier molecular flexibility index (Phi) is 2.40. The zero-order chi connectivity index (χ0) is 12.0. The van der Waals surface area contributed by atoms with Crippen molar-refractivity contribution in [1.29, 1.82) is 0 Å². The number of allylic oxidation sites excluding steroid dienone is 2. The fraction of sp³-hybridized carbons (Fsp3) is 0.643. The fourth-order valence-corrected chi connectivity index (χ4v) is 3.11. The highest BCUT2D eigenvalue weighted by molar-refractivity contribution is 5.92. The summed E-state index contributed by atoms with van der Waals surface area (Å²) >= 11 is 0. The van der Waals surface area contributed by atoms with E-state index >= 15 is 0 Å². The van der Waals surface area contributed by atoms with E-state index in [2.05, 4.69) is 17.5 Å². The van der Waals surface area contributed by atoms with Gasteiger partial charge < -0.3 is 10.4 Å². The van der Waals surface area contributed by atoms with Crippen LogP contribution in [0.2, 0.25) is 0 Å². The van der Waals surface area contributed by atoms with E-state index < -0.39 is 5.60 Å². The van der Waals surface area contributed by atoms with Crippen LogP contribution in [-0.2, 0) is 0 Å². The van der Waals surface area contributed by atoms with Crippen LogP contribution in [0.25, 0.3) is 0 Å². The molecule has 17 heavy (non-hydrogen) atoms. The molecule has 2 N–H and O–H groups in total. The first kappa shape index (κ1) is 11.0. The average Bonchev–Trinajstić information content (AvgIpc) is 2.28. The van der Waals surface area contributed by atoms with E-state index in [0.29, 0.717) is 17.8 Å². The fourth-order valence-electron chi connectivity index (χ4n) is 3.11. The van der Waals surface area contributed by atoms with Crippen LogP contribution in [0.5, 0.6) is 0 Å². The SMILES string of the molecule is CC(C)(O)C1=NC2CCCC3CC=CC(=C32)N1. The van der Waals surface area contributed by atoms with Gasteiger partial charge >= 0.3 is 0 Å². The number of nitrogens with one attached hydrogen (secondary N) is 1. The van der Waals surface area contributed by atoms with Crippen LogP contribution < -0.4 is 5.32 Å². The van der Waals surface area contributed by atoms with Crippen molar-refractivity contribution in [2.45, 2.75) is 51.2 Å². The molecule has 0 amide bonds. The molecule has 0 saturated heterocycles. The summed E-state index contributed by atoms with van der Waals surface area (Å²) in [7, 11) is 0. The first-order valence-electron chi connectivity index (χ1n) is 6.54. The topological polar surface area (TPSA) is 44.6 Å². The lowest BCUT2D eigenvalue weighted by molar-refractivity contribution is 0.149. The molecule has 1 heterocycles. The lowest BCUT2D eigenvalue weighted by atomic mass is 9.75. The molecular weight excluding hydrogens is 212 g/mol. The molecule has 3 nitrogen and oxygen atoms in total. The summed E-state index contributed by atoms with van der Waals surface area (Å²) in [6, 6.07) is 0.302. The van der Waals surface area contributed by atoms with Gasteiger partial charge in [0.05, 0.1) is 6.04 Å². The van der Waals surface area contributed by atoms with Crippen molar-refractivity contribution in [2.75, 3.05) is 0 Å². The zero-order valence-electron chi connectivity index (χ0n) is 10.5. The molecule has 3 rings (SSSR count). The second-order valence-corrected chi connectivity index (χ2v) is 5.81. The Morgan fingerprint density at radius 2 is 2.24 bits per heavy atom. The van der Waals surface area contributed by atoms with E-state index in [1.54, 1.807) is 13.8 Å². The summed E-state index contributed by atoms with van der Waals surface area (Å²) in [6.45, 7) is 3.58. The number of hydrogen-bond acceptors (Lipinski definition) is 3. The van der Waals surface area contributed by atoms with E-state index in [9.17, 15) is 5.11 Å². The molecule has 2 unspecified atom stereocenters. The largest absolute Gasteiger partial charge is 0.383 e. The average molecular weight is 232 g/mol. The molecule has 2 atom stereocenters. The van der Waals surface area contributed by atoms with Gasteiger partial charge in [-0.15, -0.1) is 0 Å². The Morgan fingerprint density at radius 3 is 3.00 bits per heavy atom. The molecule has 0 spiro atoms. The first-order valence-corrected chi connectivity index (χ1v) is 6.54. The van der Waals surface area contributed by atoms with Gasteiger partial charge in [0, 0.05) is 5.70 Å². The van der Waals surface area contributed by atoms with Crippen LogP contribution in [0, 0.1) is 5.92 Å². The second-order valence-electron chi connectivity index (χ2n) is 5.81. The molecule has 0 aromatic rings. The predicted molar refractivity (Wildman–Crippen MR) is 68.8 cm³/mol. The highest BCUT2D eigenvalue weighted by Crippen LogP contribution is 2.40. The highest BCUT2D eigenvalue weighted by Gasteiger charge is 2.36. The van der Waals surface area contributed by atoms with E-state index in [4.69, 9.17) is 4.99 Å². The van der Waals surface area contributed by atoms with Gasteiger partial charge in [-0.3, -0.25) is 4.99 Å². The van der Waals surface area contributed by atoms with E-state index in [0.717, 1.165) is 12.8 Å². The first-order chi connectivity index (χ1) is 8.05. The third kappa shape index (κ3) is 1.82. The molecule has 0 aromatic carbocycles. The standard InChI is InChI=1S/C14H20N2O/c1-14(2,17)13-15-10-7-3-5-9-6-4-8-11(16-13)12(9)10/h3,7,9,11,17H,4-6,8H2,1-2H3,(H,15,16). The number of aliphatic imine (C=N–C) groups is 1. The Labute approximate surface area is 102 Å². The van der Waals surface area contributed by atoms with Crippen molar-refractivity contribution in [3.63, 3.8) is 0 Å². The third-order valence-electron chi connectivity index (χ3n) is 3.96. The van der Waals surface area contributed by atoms with Gasteiger partial charge in [-0.25, -0.2) is 0 Å². The Balaban J connectivity index is 1.98. The summed E-state index contributed by atoms with van der Waals surface area (Å²) in [4.78, 5) is 4.72. The monoisotopic (exact) mass is 232 g/mol. The number of nitrogens with zero attached hydrogens (tertiary/aromatic N) is 1. The molecule has 92 valence electrons. The van der Waals surface area contributed by atoms with Crippen molar-refractivity contribution in [3.8, 4) is 0 Å². The van der Waals surface area contributed by atoms with Gasteiger partial charge in [0.25, 0.3) is 0 Å². The molecular formula is C14H20N2O. The summed E-state index contributed by atoms with van der Waals surface area (Å²) in [6.07, 6.45) is 9.23. The summed E-state index contributed by atoms with van der Waals surface area (Å²) in [5, 5.41) is 13.4. The normalized spacial score (nSPS) is 31.8. The molecule has 3 heteroatoms. The Morgan fingerprint density at radius 1 is 1.41 bits per heavy atom. The van der Waals surface area contributed by atoms with Crippen molar-refractivity contribution >= 4 is 5.84 Å². The lowest BCUT2D eigenvalue weighted by Gasteiger charge is -2.39.